The molecule has 1 aliphatic heterocycles. The number of carbonyl (C=O) groups excluding carboxylic acids is 2. The first-order chi connectivity index (χ1) is 13.4. The molecule has 0 bridgehead atoms. The number of hydrogen-bond acceptors (Lipinski definition) is 5. The molecule has 0 aliphatic carbocycles. The van der Waals surface area contributed by atoms with Gasteiger partial charge in [-0.15, -0.1) is 0 Å². The van der Waals surface area contributed by atoms with E-state index in [0.717, 1.165) is 5.69 Å². The van der Waals surface area contributed by atoms with Gasteiger partial charge in [-0.25, -0.2) is 0 Å². The van der Waals surface area contributed by atoms with Crippen LogP contribution in [0, 0.1) is 16.0 Å². The Bertz CT molecular complexity index is 887. The van der Waals surface area contributed by atoms with Gasteiger partial charge in [0.15, 0.2) is 0 Å². The third kappa shape index (κ3) is 4.16. The molecule has 8 heteroatoms. The number of hydrogen-bond donors (Lipinski definition) is 0. The maximum absolute atomic E-state index is 12.9. The molecule has 1 fully saturated rings. The third-order valence-corrected chi connectivity index (χ3v) is 5.13. The van der Waals surface area contributed by atoms with E-state index in [4.69, 9.17) is 0 Å². The van der Waals surface area contributed by atoms with Crippen molar-refractivity contribution in [2.75, 3.05) is 13.6 Å². The monoisotopic (exact) mass is 382 g/mol. The summed E-state index contributed by atoms with van der Waals surface area (Å²) in [6.45, 7) is 2.55. The molecular formula is C20H22N4O4. The predicted molar refractivity (Wildman–Crippen MR) is 102 cm³/mol. The molecule has 1 aromatic heterocycles. The Morgan fingerprint density at radius 1 is 1.36 bits per heavy atom. The fourth-order valence-electron chi connectivity index (χ4n) is 3.38. The quantitative estimate of drug-likeness (QED) is 0.565. The highest BCUT2D eigenvalue weighted by Crippen LogP contribution is 2.27. The van der Waals surface area contributed by atoms with Crippen molar-refractivity contribution in [2.24, 2.45) is 5.92 Å². The smallest absolute Gasteiger partial charge is 0.269 e. The van der Waals surface area contributed by atoms with E-state index in [1.54, 1.807) is 35.2 Å². The maximum Gasteiger partial charge on any atom is 0.269 e. The fraction of sp³-hybridized carbons (Fsp3) is 0.350. The van der Waals surface area contributed by atoms with Crippen LogP contribution in [0.15, 0.2) is 48.7 Å². The van der Waals surface area contributed by atoms with Gasteiger partial charge in [0.25, 0.3) is 5.69 Å². The van der Waals surface area contributed by atoms with E-state index in [0.29, 0.717) is 18.7 Å². The maximum atomic E-state index is 12.9. The van der Waals surface area contributed by atoms with Crippen LogP contribution in [0.1, 0.15) is 30.6 Å². The van der Waals surface area contributed by atoms with Crippen LogP contribution in [0.2, 0.25) is 0 Å². The second-order valence-corrected chi connectivity index (χ2v) is 6.97. The molecule has 2 amide bonds. The van der Waals surface area contributed by atoms with Crippen LogP contribution >= 0.6 is 0 Å². The van der Waals surface area contributed by atoms with Crippen LogP contribution in [0.3, 0.4) is 0 Å². The number of rotatable bonds is 6. The van der Waals surface area contributed by atoms with Gasteiger partial charge < -0.3 is 9.80 Å². The average molecular weight is 382 g/mol. The Balaban J connectivity index is 1.67. The lowest BCUT2D eigenvalue weighted by atomic mass is 10.0. The summed E-state index contributed by atoms with van der Waals surface area (Å²) in [5, 5.41) is 11.0. The summed E-state index contributed by atoms with van der Waals surface area (Å²) < 4.78 is 0. The van der Waals surface area contributed by atoms with Gasteiger partial charge in [-0.1, -0.05) is 18.2 Å². The van der Waals surface area contributed by atoms with Crippen molar-refractivity contribution in [1.82, 2.24) is 14.8 Å². The molecule has 2 unspecified atom stereocenters. The van der Waals surface area contributed by atoms with Crippen molar-refractivity contribution in [2.45, 2.75) is 25.9 Å². The third-order valence-electron chi connectivity index (χ3n) is 5.13. The number of nitrogens with zero attached hydrogens (tertiary/aromatic N) is 4. The highest BCUT2D eigenvalue weighted by atomic mass is 16.6. The second kappa shape index (κ2) is 8.16. The van der Waals surface area contributed by atoms with E-state index >= 15 is 0 Å². The predicted octanol–water partition coefficient (Wildman–Crippen LogP) is 2.56. The van der Waals surface area contributed by atoms with Gasteiger partial charge in [-0.2, -0.15) is 0 Å². The first kappa shape index (κ1) is 19.5. The Hall–Kier alpha value is -3.29. The van der Waals surface area contributed by atoms with Crippen LogP contribution in [-0.2, 0) is 16.1 Å². The molecule has 0 spiro atoms. The minimum Gasteiger partial charge on any atom is -0.339 e. The van der Waals surface area contributed by atoms with E-state index in [1.165, 1.54) is 12.1 Å². The largest absolute Gasteiger partial charge is 0.339 e. The number of aromatic nitrogens is 1. The van der Waals surface area contributed by atoms with Crippen molar-refractivity contribution in [3.8, 4) is 0 Å². The van der Waals surface area contributed by atoms with Crippen LogP contribution < -0.4 is 0 Å². The molecule has 8 nitrogen and oxygen atoms in total. The van der Waals surface area contributed by atoms with Gasteiger partial charge in [-0.3, -0.25) is 24.7 Å². The molecule has 28 heavy (non-hydrogen) atoms. The molecule has 2 aromatic rings. The second-order valence-electron chi connectivity index (χ2n) is 6.97. The highest BCUT2D eigenvalue weighted by molar-refractivity contribution is 5.89. The van der Waals surface area contributed by atoms with Crippen molar-refractivity contribution < 1.29 is 14.5 Å². The zero-order valence-corrected chi connectivity index (χ0v) is 15.8. The molecule has 1 saturated heterocycles. The van der Waals surface area contributed by atoms with Gasteiger partial charge in [0.1, 0.15) is 0 Å². The molecule has 1 aromatic carbocycles. The Morgan fingerprint density at radius 3 is 2.82 bits per heavy atom. The molecule has 1 aliphatic rings. The lowest BCUT2D eigenvalue weighted by Gasteiger charge is -2.27. The summed E-state index contributed by atoms with van der Waals surface area (Å²) in [5.41, 5.74) is 1.45. The van der Waals surface area contributed by atoms with Crippen molar-refractivity contribution in [1.29, 1.82) is 0 Å². The molecule has 0 radical (unpaired) electrons. The first-order valence-electron chi connectivity index (χ1n) is 9.05. The number of benzene rings is 1. The Labute approximate surface area is 162 Å². The molecule has 3 rings (SSSR count). The first-order valence-corrected chi connectivity index (χ1v) is 9.05. The van der Waals surface area contributed by atoms with Crippen molar-refractivity contribution in [3.63, 3.8) is 0 Å². The highest BCUT2D eigenvalue weighted by Gasteiger charge is 2.37. The minimum atomic E-state index is -0.455. The van der Waals surface area contributed by atoms with E-state index < -0.39 is 10.8 Å². The topological polar surface area (TPSA) is 96.7 Å². The van der Waals surface area contributed by atoms with Gasteiger partial charge in [-0.05, 0) is 24.6 Å². The zero-order valence-electron chi connectivity index (χ0n) is 15.8. The van der Waals surface area contributed by atoms with Crippen LogP contribution in [-0.4, -0.2) is 45.1 Å². The lowest BCUT2D eigenvalue weighted by molar-refractivity contribution is -0.384. The van der Waals surface area contributed by atoms with Crippen LogP contribution in [0.5, 0.6) is 0 Å². The van der Waals surface area contributed by atoms with Gasteiger partial charge in [0, 0.05) is 38.3 Å². The molecule has 0 saturated carbocycles. The van der Waals surface area contributed by atoms with E-state index in [1.807, 2.05) is 25.1 Å². The number of nitro groups is 1. The number of carbonyl (C=O) groups is 2. The van der Waals surface area contributed by atoms with E-state index in [-0.39, 0.29) is 30.0 Å². The van der Waals surface area contributed by atoms with Crippen molar-refractivity contribution in [3.05, 3.63) is 70.0 Å². The lowest BCUT2D eigenvalue weighted by Crippen LogP contribution is -2.36. The number of non-ortho nitro benzene ring substituents is 1. The Kier molecular flexibility index (Phi) is 5.67. The SMILES string of the molecule is CC(c1cccc([N+](=O)[O-])c1)N(C)C(=O)C1CC(=O)N(Cc2ccccn2)C1. The molecule has 146 valence electrons. The average Bonchev–Trinajstić information content (AvgIpc) is 3.07. The number of nitro benzene ring substituents is 1. The molecule has 0 N–H and O–H groups in total. The van der Waals surface area contributed by atoms with Crippen LogP contribution in [0.25, 0.3) is 0 Å². The van der Waals surface area contributed by atoms with Crippen molar-refractivity contribution >= 4 is 17.5 Å². The zero-order chi connectivity index (χ0) is 20.3. The summed E-state index contributed by atoms with van der Waals surface area (Å²) in [5.74, 6) is -0.640. The number of amides is 2. The molecule has 2 heterocycles. The molecular weight excluding hydrogens is 360 g/mol. The number of pyridine rings is 1. The summed E-state index contributed by atoms with van der Waals surface area (Å²) in [4.78, 5) is 43.2. The number of likely N-dealkylation sites (tertiary alicyclic amines) is 1. The minimum absolute atomic E-state index is 0.0113. The van der Waals surface area contributed by atoms with Gasteiger partial charge in [0.2, 0.25) is 11.8 Å². The summed E-state index contributed by atoms with van der Waals surface area (Å²) >= 11 is 0. The van der Waals surface area contributed by atoms with E-state index in [9.17, 15) is 19.7 Å². The molecule has 2 atom stereocenters. The Morgan fingerprint density at radius 2 is 2.14 bits per heavy atom. The summed E-state index contributed by atoms with van der Waals surface area (Å²) in [6.07, 6.45) is 1.84. The van der Waals surface area contributed by atoms with E-state index in [2.05, 4.69) is 4.98 Å². The fourth-order valence-corrected chi connectivity index (χ4v) is 3.38. The summed E-state index contributed by atoms with van der Waals surface area (Å²) in [6, 6.07) is 11.4. The van der Waals surface area contributed by atoms with Crippen LogP contribution in [0.4, 0.5) is 5.69 Å². The van der Waals surface area contributed by atoms with Gasteiger partial charge in [0.05, 0.1) is 29.1 Å². The summed E-state index contributed by atoms with van der Waals surface area (Å²) in [7, 11) is 1.66. The van der Waals surface area contributed by atoms with Gasteiger partial charge >= 0.3 is 0 Å². The normalized spacial score (nSPS) is 17.4. The standard InChI is InChI=1S/C20H22N4O4/c1-14(15-6-5-8-18(10-15)24(27)28)22(2)20(26)16-11-19(25)23(12-16)13-17-7-3-4-9-21-17/h3-10,14,16H,11-13H2,1-2H3.